The van der Waals surface area contributed by atoms with Crippen molar-refractivity contribution < 1.29 is 14.3 Å². The zero-order valence-electron chi connectivity index (χ0n) is 10.1. The van der Waals surface area contributed by atoms with Crippen LogP contribution >= 0.6 is 11.6 Å². The average molecular weight is 268 g/mol. The van der Waals surface area contributed by atoms with Gasteiger partial charge >= 0.3 is 5.97 Å². The zero-order chi connectivity index (χ0) is 13.1. The molecule has 0 radical (unpaired) electrons. The Morgan fingerprint density at radius 2 is 2.00 bits per heavy atom. The van der Waals surface area contributed by atoms with Crippen LogP contribution in [0.4, 0.5) is 5.69 Å². The molecule has 0 spiro atoms. The number of rotatable bonds is 2. The molecule has 0 aromatic heterocycles. The molecule has 1 saturated heterocycles. The lowest BCUT2D eigenvalue weighted by Gasteiger charge is -2.29. The maximum absolute atomic E-state index is 11.5. The molecule has 1 fully saturated rings. The number of nitrogens with zero attached hydrogens (tertiary/aromatic N) is 1. The zero-order valence-corrected chi connectivity index (χ0v) is 10.9. The number of benzene rings is 1. The molecule has 96 valence electrons. The Kier molecular flexibility index (Phi) is 3.87. The standard InChI is InChI=1S/C13H14ClNO3/c1-18-13(17)9-2-3-11(14)12(8-9)15-6-4-10(16)5-7-15/h2-3,8H,4-7H2,1H3. The topological polar surface area (TPSA) is 46.6 Å². The SMILES string of the molecule is COC(=O)c1ccc(Cl)c(N2CCC(=O)CC2)c1. The summed E-state index contributed by atoms with van der Waals surface area (Å²) in [7, 11) is 1.34. The molecule has 4 nitrogen and oxygen atoms in total. The van der Waals surface area contributed by atoms with Gasteiger partial charge in [0.2, 0.25) is 0 Å². The fourth-order valence-electron chi connectivity index (χ4n) is 2.00. The smallest absolute Gasteiger partial charge is 0.337 e. The first kappa shape index (κ1) is 12.9. The fourth-order valence-corrected chi connectivity index (χ4v) is 2.23. The first-order valence-corrected chi connectivity index (χ1v) is 6.14. The highest BCUT2D eigenvalue weighted by Gasteiger charge is 2.19. The minimum atomic E-state index is -0.388. The van der Waals surface area contributed by atoms with E-state index < -0.39 is 0 Å². The third-order valence-corrected chi connectivity index (χ3v) is 3.35. The van der Waals surface area contributed by atoms with Gasteiger partial charge < -0.3 is 9.64 Å². The van der Waals surface area contributed by atoms with Crippen molar-refractivity contribution in [2.45, 2.75) is 12.8 Å². The molecule has 5 heteroatoms. The molecule has 1 aromatic rings. The minimum Gasteiger partial charge on any atom is -0.465 e. The average Bonchev–Trinajstić information content (AvgIpc) is 2.39. The van der Waals surface area contributed by atoms with Crippen LogP contribution in [0.5, 0.6) is 0 Å². The first-order valence-electron chi connectivity index (χ1n) is 5.76. The Bertz CT molecular complexity index is 477. The highest BCUT2D eigenvalue weighted by Crippen LogP contribution is 2.29. The van der Waals surface area contributed by atoms with Gasteiger partial charge in [0, 0.05) is 25.9 Å². The number of hydrogen-bond acceptors (Lipinski definition) is 4. The molecule has 1 aliphatic rings. The van der Waals surface area contributed by atoms with Crippen LogP contribution in [0.3, 0.4) is 0 Å². The Balaban J connectivity index is 2.26. The minimum absolute atomic E-state index is 0.270. The van der Waals surface area contributed by atoms with E-state index in [9.17, 15) is 9.59 Å². The van der Waals surface area contributed by atoms with Crippen LogP contribution in [0, 0.1) is 0 Å². The number of halogens is 1. The van der Waals surface area contributed by atoms with E-state index in [1.165, 1.54) is 7.11 Å². The number of esters is 1. The van der Waals surface area contributed by atoms with Crippen molar-refractivity contribution in [3.05, 3.63) is 28.8 Å². The highest BCUT2D eigenvalue weighted by molar-refractivity contribution is 6.33. The quantitative estimate of drug-likeness (QED) is 0.772. The summed E-state index contributed by atoms with van der Waals surface area (Å²) in [6.45, 7) is 1.28. The lowest BCUT2D eigenvalue weighted by Crippen LogP contribution is -2.34. The van der Waals surface area contributed by atoms with E-state index >= 15 is 0 Å². The predicted octanol–water partition coefficient (Wildman–Crippen LogP) is 2.30. The lowest BCUT2D eigenvalue weighted by atomic mass is 10.1. The van der Waals surface area contributed by atoms with E-state index in [4.69, 9.17) is 11.6 Å². The van der Waals surface area contributed by atoms with Crippen LogP contribution in [0.1, 0.15) is 23.2 Å². The Hall–Kier alpha value is -1.55. The second kappa shape index (κ2) is 5.40. The van der Waals surface area contributed by atoms with E-state index in [-0.39, 0.29) is 11.8 Å². The molecular weight excluding hydrogens is 254 g/mol. The first-order chi connectivity index (χ1) is 8.61. The molecule has 18 heavy (non-hydrogen) atoms. The normalized spacial score (nSPS) is 15.7. The molecule has 1 heterocycles. The molecule has 0 bridgehead atoms. The second-order valence-corrected chi connectivity index (χ2v) is 4.59. The van der Waals surface area contributed by atoms with Gasteiger partial charge in [-0.05, 0) is 18.2 Å². The maximum Gasteiger partial charge on any atom is 0.337 e. The van der Waals surface area contributed by atoms with Crippen molar-refractivity contribution in [2.24, 2.45) is 0 Å². The summed E-state index contributed by atoms with van der Waals surface area (Å²) in [5.41, 5.74) is 1.25. The summed E-state index contributed by atoms with van der Waals surface area (Å²) in [6, 6.07) is 5.02. The third-order valence-electron chi connectivity index (χ3n) is 3.03. The molecule has 1 aliphatic heterocycles. The number of Topliss-reactive ketones (excluding diaryl/α,β-unsaturated/α-hetero) is 1. The number of piperidine rings is 1. The van der Waals surface area contributed by atoms with E-state index in [0.29, 0.717) is 36.5 Å². The van der Waals surface area contributed by atoms with Crippen LogP contribution < -0.4 is 4.90 Å². The lowest BCUT2D eigenvalue weighted by molar-refractivity contribution is -0.119. The largest absolute Gasteiger partial charge is 0.465 e. The monoisotopic (exact) mass is 267 g/mol. The molecule has 0 unspecified atom stereocenters. The third kappa shape index (κ3) is 2.64. The second-order valence-electron chi connectivity index (χ2n) is 4.18. The maximum atomic E-state index is 11.5. The van der Waals surface area contributed by atoms with Crippen LogP contribution in [-0.4, -0.2) is 32.0 Å². The number of carbonyl (C=O) groups is 2. The molecular formula is C13H14ClNO3. The van der Waals surface area contributed by atoms with Crippen molar-refractivity contribution in [2.75, 3.05) is 25.1 Å². The number of anilines is 1. The van der Waals surface area contributed by atoms with Gasteiger partial charge in [0.1, 0.15) is 5.78 Å². The summed E-state index contributed by atoms with van der Waals surface area (Å²) in [6.07, 6.45) is 1.05. The molecule has 1 aromatic carbocycles. The van der Waals surface area contributed by atoms with Crippen molar-refractivity contribution in [3.8, 4) is 0 Å². The van der Waals surface area contributed by atoms with E-state index in [0.717, 1.165) is 5.69 Å². The molecule has 0 amide bonds. The molecule has 2 rings (SSSR count). The summed E-state index contributed by atoms with van der Waals surface area (Å²) < 4.78 is 4.68. The van der Waals surface area contributed by atoms with Gasteiger partial charge in [0.25, 0.3) is 0 Å². The molecule has 0 atom stereocenters. The van der Waals surface area contributed by atoms with Crippen molar-refractivity contribution in [3.63, 3.8) is 0 Å². The van der Waals surface area contributed by atoms with Gasteiger partial charge in [-0.3, -0.25) is 4.79 Å². The summed E-state index contributed by atoms with van der Waals surface area (Å²) in [4.78, 5) is 24.7. The number of ether oxygens (including phenoxy) is 1. The number of carbonyl (C=O) groups excluding carboxylic acids is 2. The van der Waals surface area contributed by atoms with Gasteiger partial charge in [0.15, 0.2) is 0 Å². The van der Waals surface area contributed by atoms with Crippen LogP contribution in [0.25, 0.3) is 0 Å². The fraction of sp³-hybridized carbons (Fsp3) is 0.385. The van der Waals surface area contributed by atoms with Crippen LogP contribution in [0.2, 0.25) is 5.02 Å². The Labute approximate surface area is 110 Å². The van der Waals surface area contributed by atoms with E-state index in [1.807, 2.05) is 4.90 Å². The summed E-state index contributed by atoms with van der Waals surface area (Å²) >= 11 is 6.14. The molecule has 0 aliphatic carbocycles. The van der Waals surface area contributed by atoms with Crippen LogP contribution in [0.15, 0.2) is 18.2 Å². The Morgan fingerprint density at radius 1 is 1.33 bits per heavy atom. The van der Waals surface area contributed by atoms with Gasteiger partial charge in [-0.15, -0.1) is 0 Å². The van der Waals surface area contributed by atoms with Gasteiger partial charge in [-0.2, -0.15) is 0 Å². The van der Waals surface area contributed by atoms with Gasteiger partial charge in [0.05, 0.1) is 23.4 Å². The van der Waals surface area contributed by atoms with E-state index in [1.54, 1.807) is 18.2 Å². The highest BCUT2D eigenvalue weighted by atomic mass is 35.5. The number of ketones is 1. The predicted molar refractivity (Wildman–Crippen MR) is 69.2 cm³/mol. The van der Waals surface area contributed by atoms with Crippen molar-refractivity contribution in [1.82, 2.24) is 0 Å². The van der Waals surface area contributed by atoms with E-state index in [2.05, 4.69) is 4.74 Å². The Morgan fingerprint density at radius 3 is 2.61 bits per heavy atom. The summed E-state index contributed by atoms with van der Waals surface area (Å²) in [5.74, 6) is -0.118. The van der Waals surface area contributed by atoms with Gasteiger partial charge in [-0.1, -0.05) is 11.6 Å². The molecule has 0 N–H and O–H groups in total. The molecule has 0 saturated carbocycles. The van der Waals surface area contributed by atoms with Crippen molar-refractivity contribution in [1.29, 1.82) is 0 Å². The summed E-state index contributed by atoms with van der Waals surface area (Å²) in [5, 5.41) is 0.581. The van der Waals surface area contributed by atoms with Gasteiger partial charge in [-0.25, -0.2) is 4.79 Å². The number of methoxy groups -OCH3 is 1. The number of hydrogen-bond donors (Lipinski definition) is 0. The van der Waals surface area contributed by atoms with Crippen LogP contribution in [-0.2, 0) is 9.53 Å². The van der Waals surface area contributed by atoms with Crippen molar-refractivity contribution >= 4 is 29.0 Å².